The molecule has 0 bridgehead atoms. The van der Waals surface area contributed by atoms with Crippen LogP contribution in [0.4, 0.5) is 13.2 Å². The average molecular weight is 300 g/mol. The summed E-state index contributed by atoms with van der Waals surface area (Å²) in [6.07, 6.45) is -2.37. The molecule has 0 spiro atoms. The van der Waals surface area contributed by atoms with E-state index in [9.17, 15) is 13.2 Å². The molecule has 1 saturated carbocycles. The van der Waals surface area contributed by atoms with Gasteiger partial charge in [0, 0.05) is 32.7 Å². The van der Waals surface area contributed by atoms with Crippen molar-refractivity contribution in [3.63, 3.8) is 0 Å². The molecular formula is C15H19F3N2O. The van der Waals surface area contributed by atoms with Gasteiger partial charge in [-0.15, -0.1) is 0 Å². The van der Waals surface area contributed by atoms with Gasteiger partial charge in [-0.3, -0.25) is 4.90 Å². The summed E-state index contributed by atoms with van der Waals surface area (Å²) in [5.74, 6) is 0.345. The fourth-order valence-electron chi connectivity index (χ4n) is 2.49. The van der Waals surface area contributed by atoms with Crippen molar-refractivity contribution in [1.29, 1.82) is 0 Å². The summed E-state index contributed by atoms with van der Waals surface area (Å²) < 4.78 is 44.6. The van der Waals surface area contributed by atoms with Crippen LogP contribution >= 0.6 is 0 Å². The lowest BCUT2D eigenvalue weighted by Gasteiger charge is -2.27. The van der Waals surface area contributed by atoms with E-state index in [4.69, 9.17) is 4.74 Å². The second-order valence-electron chi connectivity index (χ2n) is 5.71. The van der Waals surface area contributed by atoms with E-state index in [1.165, 1.54) is 6.07 Å². The Labute approximate surface area is 122 Å². The van der Waals surface area contributed by atoms with Gasteiger partial charge in [0.05, 0.1) is 11.7 Å². The Morgan fingerprint density at radius 2 is 1.86 bits per heavy atom. The first-order valence-electron chi connectivity index (χ1n) is 7.31. The normalized spacial score (nSPS) is 20.5. The van der Waals surface area contributed by atoms with Crippen LogP contribution in [0.2, 0.25) is 0 Å². The number of hydrogen-bond donors (Lipinski definition) is 1. The maximum absolute atomic E-state index is 13.0. The zero-order chi connectivity index (χ0) is 14.9. The summed E-state index contributed by atoms with van der Waals surface area (Å²) in [5, 5.41) is 3.24. The predicted molar refractivity (Wildman–Crippen MR) is 73.2 cm³/mol. The van der Waals surface area contributed by atoms with Gasteiger partial charge in [-0.1, -0.05) is 0 Å². The van der Waals surface area contributed by atoms with Crippen molar-refractivity contribution < 1.29 is 17.9 Å². The number of alkyl halides is 3. The SMILES string of the molecule is FC(F)(F)c1cc(CN2CCNCC2)cc(OC2CC2)c1. The molecule has 1 N–H and O–H groups in total. The predicted octanol–water partition coefficient (Wildman–Crippen LogP) is 2.65. The fourth-order valence-corrected chi connectivity index (χ4v) is 2.49. The van der Waals surface area contributed by atoms with Crippen LogP contribution in [0.25, 0.3) is 0 Å². The quantitative estimate of drug-likeness (QED) is 0.925. The molecule has 1 aliphatic carbocycles. The molecule has 1 aromatic carbocycles. The molecule has 0 unspecified atom stereocenters. The Balaban J connectivity index is 1.79. The number of ether oxygens (including phenoxy) is 1. The number of nitrogens with zero attached hydrogens (tertiary/aromatic N) is 1. The molecule has 3 nitrogen and oxygen atoms in total. The van der Waals surface area contributed by atoms with Crippen molar-refractivity contribution in [3.05, 3.63) is 29.3 Å². The highest BCUT2D eigenvalue weighted by Crippen LogP contribution is 2.35. The number of nitrogens with one attached hydrogen (secondary N) is 1. The molecular weight excluding hydrogens is 281 g/mol. The Hall–Kier alpha value is -1.27. The summed E-state index contributed by atoms with van der Waals surface area (Å²) in [5.41, 5.74) is 0.0492. The van der Waals surface area contributed by atoms with Crippen LogP contribution in [0.1, 0.15) is 24.0 Å². The van der Waals surface area contributed by atoms with Crippen LogP contribution in [0.3, 0.4) is 0 Å². The van der Waals surface area contributed by atoms with Gasteiger partial charge in [0.1, 0.15) is 5.75 Å². The average Bonchev–Trinajstić information content (AvgIpc) is 3.22. The number of benzene rings is 1. The van der Waals surface area contributed by atoms with E-state index in [-0.39, 0.29) is 6.10 Å². The molecule has 21 heavy (non-hydrogen) atoms. The molecule has 1 aliphatic heterocycles. The van der Waals surface area contributed by atoms with Crippen LogP contribution in [0, 0.1) is 0 Å². The van der Waals surface area contributed by atoms with Crippen LogP contribution in [0.5, 0.6) is 5.75 Å². The standard InChI is InChI=1S/C15H19F3N2O/c16-15(17,18)12-7-11(10-20-5-3-19-4-6-20)8-14(9-12)21-13-1-2-13/h7-9,13,19H,1-6,10H2. The van der Waals surface area contributed by atoms with E-state index < -0.39 is 11.7 Å². The maximum Gasteiger partial charge on any atom is 0.416 e. The number of piperazine rings is 1. The Morgan fingerprint density at radius 3 is 2.48 bits per heavy atom. The van der Waals surface area contributed by atoms with Gasteiger partial charge in [0.15, 0.2) is 0 Å². The molecule has 2 aliphatic rings. The van der Waals surface area contributed by atoms with Gasteiger partial charge >= 0.3 is 6.18 Å². The molecule has 1 saturated heterocycles. The third-order valence-corrected chi connectivity index (χ3v) is 3.74. The van der Waals surface area contributed by atoms with Crippen molar-refractivity contribution in [1.82, 2.24) is 10.2 Å². The second kappa shape index (κ2) is 5.85. The van der Waals surface area contributed by atoms with E-state index in [1.807, 2.05) is 0 Å². The molecule has 3 rings (SSSR count). The molecule has 1 aromatic rings. The molecule has 2 fully saturated rings. The molecule has 116 valence electrons. The highest BCUT2D eigenvalue weighted by Gasteiger charge is 2.32. The van der Waals surface area contributed by atoms with E-state index >= 15 is 0 Å². The van der Waals surface area contributed by atoms with Gasteiger partial charge in [-0.25, -0.2) is 0 Å². The van der Waals surface area contributed by atoms with Crippen LogP contribution in [-0.4, -0.2) is 37.2 Å². The van der Waals surface area contributed by atoms with Crippen molar-refractivity contribution >= 4 is 0 Å². The summed E-state index contributed by atoms with van der Waals surface area (Å²) in [4.78, 5) is 2.16. The lowest BCUT2D eigenvalue weighted by Crippen LogP contribution is -2.42. The zero-order valence-corrected chi connectivity index (χ0v) is 11.7. The highest BCUT2D eigenvalue weighted by molar-refractivity contribution is 5.36. The van der Waals surface area contributed by atoms with Crippen molar-refractivity contribution in [2.24, 2.45) is 0 Å². The minimum Gasteiger partial charge on any atom is -0.490 e. The Bertz CT molecular complexity index is 494. The Morgan fingerprint density at radius 1 is 1.14 bits per heavy atom. The van der Waals surface area contributed by atoms with Gasteiger partial charge < -0.3 is 10.1 Å². The largest absolute Gasteiger partial charge is 0.490 e. The number of hydrogen-bond acceptors (Lipinski definition) is 3. The lowest BCUT2D eigenvalue weighted by atomic mass is 10.1. The van der Waals surface area contributed by atoms with E-state index in [0.29, 0.717) is 17.9 Å². The molecule has 1 heterocycles. The molecule has 0 atom stereocenters. The van der Waals surface area contributed by atoms with E-state index in [2.05, 4.69) is 10.2 Å². The second-order valence-corrected chi connectivity index (χ2v) is 5.71. The van der Waals surface area contributed by atoms with Gasteiger partial charge in [-0.05, 0) is 36.6 Å². The summed E-state index contributed by atoms with van der Waals surface area (Å²) in [6.45, 7) is 4.01. The maximum atomic E-state index is 13.0. The molecule has 0 amide bonds. The highest BCUT2D eigenvalue weighted by atomic mass is 19.4. The molecule has 0 radical (unpaired) electrons. The summed E-state index contributed by atoms with van der Waals surface area (Å²) in [7, 11) is 0. The monoisotopic (exact) mass is 300 g/mol. The van der Waals surface area contributed by atoms with Gasteiger partial charge in [-0.2, -0.15) is 13.2 Å². The minimum atomic E-state index is -4.33. The van der Waals surface area contributed by atoms with Crippen molar-refractivity contribution in [2.45, 2.75) is 31.7 Å². The summed E-state index contributed by atoms with van der Waals surface area (Å²) in [6, 6.07) is 4.09. The van der Waals surface area contributed by atoms with Gasteiger partial charge in [0.25, 0.3) is 0 Å². The first-order valence-corrected chi connectivity index (χ1v) is 7.31. The smallest absolute Gasteiger partial charge is 0.416 e. The Kier molecular flexibility index (Phi) is 4.08. The third-order valence-electron chi connectivity index (χ3n) is 3.74. The fraction of sp³-hybridized carbons (Fsp3) is 0.600. The first kappa shape index (κ1) is 14.7. The molecule has 0 aromatic heterocycles. The minimum absolute atomic E-state index is 0.0977. The van der Waals surface area contributed by atoms with Crippen LogP contribution in [0.15, 0.2) is 18.2 Å². The first-order chi connectivity index (χ1) is 10.0. The van der Waals surface area contributed by atoms with Crippen LogP contribution in [-0.2, 0) is 12.7 Å². The topological polar surface area (TPSA) is 24.5 Å². The van der Waals surface area contributed by atoms with Gasteiger partial charge in [0.2, 0.25) is 0 Å². The lowest BCUT2D eigenvalue weighted by molar-refractivity contribution is -0.137. The molecule has 6 heteroatoms. The van der Waals surface area contributed by atoms with Crippen molar-refractivity contribution in [3.8, 4) is 5.75 Å². The zero-order valence-electron chi connectivity index (χ0n) is 11.7. The van der Waals surface area contributed by atoms with E-state index in [0.717, 1.165) is 45.1 Å². The number of halogens is 3. The summed E-state index contributed by atoms with van der Waals surface area (Å²) >= 11 is 0. The number of rotatable bonds is 4. The van der Waals surface area contributed by atoms with Crippen molar-refractivity contribution in [2.75, 3.05) is 26.2 Å². The van der Waals surface area contributed by atoms with E-state index in [1.54, 1.807) is 6.07 Å². The third kappa shape index (κ3) is 4.11. The van der Waals surface area contributed by atoms with Crippen LogP contribution < -0.4 is 10.1 Å².